The third-order valence-corrected chi connectivity index (χ3v) is 10.6. The second kappa shape index (κ2) is 47.1. The molecule has 0 radical (unpaired) electrons. The van der Waals surface area contributed by atoms with Crippen molar-refractivity contribution in [3.8, 4) is 0 Å². The van der Waals surface area contributed by atoms with Gasteiger partial charge in [0.1, 0.15) is 13.2 Å². The lowest BCUT2D eigenvalue weighted by molar-refractivity contribution is -0.167. The maximum Gasteiger partial charge on any atom is 0.306 e. The van der Waals surface area contributed by atoms with Crippen LogP contribution in [0.25, 0.3) is 0 Å². The van der Waals surface area contributed by atoms with Gasteiger partial charge in [-0.1, -0.05) is 217 Å². The molecular weight excluding hydrogens is 721 g/mol. The molecule has 0 saturated heterocycles. The molecule has 6 heteroatoms. The topological polar surface area (TPSA) is 78.9 Å². The van der Waals surface area contributed by atoms with Crippen molar-refractivity contribution in [2.75, 3.05) is 13.2 Å². The fourth-order valence-corrected chi connectivity index (χ4v) is 6.90. The van der Waals surface area contributed by atoms with Crippen LogP contribution in [-0.4, -0.2) is 37.2 Å². The van der Waals surface area contributed by atoms with Gasteiger partial charge in [0.25, 0.3) is 0 Å². The Balaban J connectivity index is 4.40. The van der Waals surface area contributed by atoms with Gasteiger partial charge in [0, 0.05) is 19.3 Å². The number of unbranched alkanes of at least 4 members (excludes halogenated alkanes) is 25. The lowest BCUT2D eigenvalue weighted by Gasteiger charge is -2.18. The minimum absolute atomic E-state index is 0.0830. The molecule has 0 bridgehead atoms. The van der Waals surface area contributed by atoms with E-state index in [0.29, 0.717) is 19.3 Å². The number of esters is 3. The van der Waals surface area contributed by atoms with E-state index in [1.165, 1.54) is 122 Å². The third kappa shape index (κ3) is 44.5. The number of rotatable bonds is 44. The average molecular weight is 813 g/mol. The Morgan fingerprint density at radius 2 is 0.672 bits per heavy atom. The van der Waals surface area contributed by atoms with E-state index in [1.807, 2.05) is 0 Å². The Hall–Kier alpha value is -2.63. The maximum atomic E-state index is 12.8. The van der Waals surface area contributed by atoms with E-state index >= 15 is 0 Å². The Kier molecular flexibility index (Phi) is 44.9. The molecule has 0 N–H and O–H groups in total. The summed E-state index contributed by atoms with van der Waals surface area (Å²) in [5.74, 6) is -0.921. The van der Waals surface area contributed by atoms with Crippen molar-refractivity contribution >= 4 is 17.9 Å². The fourth-order valence-electron chi connectivity index (χ4n) is 6.90. The van der Waals surface area contributed by atoms with Crippen LogP contribution in [-0.2, 0) is 28.6 Å². The van der Waals surface area contributed by atoms with Gasteiger partial charge < -0.3 is 14.2 Å². The van der Waals surface area contributed by atoms with Gasteiger partial charge in [-0.3, -0.25) is 14.4 Å². The highest BCUT2D eigenvalue weighted by Gasteiger charge is 2.19. The highest BCUT2D eigenvalue weighted by Crippen LogP contribution is 2.15. The molecule has 1 atom stereocenters. The molecule has 0 aliphatic heterocycles. The Morgan fingerprint density at radius 1 is 0.362 bits per heavy atom. The smallest absolute Gasteiger partial charge is 0.306 e. The van der Waals surface area contributed by atoms with E-state index < -0.39 is 6.10 Å². The summed E-state index contributed by atoms with van der Waals surface area (Å²) < 4.78 is 16.7. The van der Waals surface area contributed by atoms with Crippen LogP contribution >= 0.6 is 0 Å². The van der Waals surface area contributed by atoms with Gasteiger partial charge in [-0.25, -0.2) is 0 Å². The highest BCUT2D eigenvalue weighted by atomic mass is 16.6. The van der Waals surface area contributed by atoms with E-state index in [2.05, 4.69) is 69.4 Å². The molecular formula is C52H92O6. The molecule has 0 aromatic carbocycles. The summed E-state index contributed by atoms with van der Waals surface area (Å²) in [6.45, 7) is 6.48. The largest absolute Gasteiger partial charge is 0.462 e. The summed E-state index contributed by atoms with van der Waals surface area (Å²) in [5.41, 5.74) is 0. The van der Waals surface area contributed by atoms with Crippen molar-refractivity contribution in [1.29, 1.82) is 0 Å². The van der Waals surface area contributed by atoms with Crippen molar-refractivity contribution in [2.45, 2.75) is 252 Å². The standard InChI is InChI=1S/C52H92O6/c1-4-7-10-13-16-19-22-24-26-28-30-33-36-39-42-45-51(54)57-48-49(47-56-50(53)44-41-38-35-32-21-18-15-12-9-6-3)58-52(55)46-43-40-37-34-31-29-27-25-23-20-17-14-11-8-5-2/h7,10,16,19,24,26,30,33,49H,4-6,8-9,11-15,17-18,20-23,25,27-29,31-32,34-48H2,1-3H3/b10-7-,19-16-,26-24-,33-30-/t49-/m1/s1. The maximum absolute atomic E-state index is 12.8. The number of ether oxygens (including phenoxy) is 3. The molecule has 0 rings (SSSR count). The number of hydrogen-bond acceptors (Lipinski definition) is 6. The molecule has 0 amide bonds. The predicted octanol–water partition coefficient (Wildman–Crippen LogP) is 15.9. The van der Waals surface area contributed by atoms with Gasteiger partial charge >= 0.3 is 17.9 Å². The summed E-state index contributed by atoms with van der Waals surface area (Å²) >= 11 is 0. The first-order valence-electron chi connectivity index (χ1n) is 24.6. The summed E-state index contributed by atoms with van der Waals surface area (Å²) in [7, 11) is 0. The molecule has 58 heavy (non-hydrogen) atoms. The van der Waals surface area contributed by atoms with Gasteiger partial charge in [0.05, 0.1) is 0 Å². The zero-order valence-corrected chi connectivity index (χ0v) is 38.3. The second-order valence-electron chi connectivity index (χ2n) is 16.4. The predicted molar refractivity (Wildman–Crippen MR) is 247 cm³/mol. The van der Waals surface area contributed by atoms with Crippen LogP contribution in [0, 0.1) is 0 Å². The van der Waals surface area contributed by atoms with Crippen molar-refractivity contribution < 1.29 is 28.6 Å². The average Bonchev–Trinajstić information content (AvgIpc) is 3.22. The molecule has 0 heterocycles. The zero-order valence-electron chi connectivity index (χ0n) is 38.3. The number of carbonyl (C=O) groups is 3. The first-order valence-corrected chi connectivity index (χ1v) is 24.6. The minimum Gasteiger partial charge on any atom is -0.462 e. The van der Waals surface area contributed by atoms with Crippen molar-refractivity contribution in [3.05, 3.63) is 48.6 Å². The van der Waals surface area contributed by atoms with E-state index in [0.717, 1.165) is 83.5 Å². The highest BCUT2D eigenvalue weighted by molar-refractivity contribution is 5.71. The molecule has 0 spiro atoms. The molecule has 0 saturated carbocycles. The summed E-state index contributed by atoms with van der Waals surface area (Å²) in [5, 5.41) is 0. The second-order valence-corrected chi connectivity index (χ2v) is 16.4. The van der Waals surface area contributed by atoms with Gasteiger partial charge in [0.2, 0.25) is 0 Å². The zero-order chi connectivity index (χ0) is 42.3. The van der Waals surface area contributed by atoms with E-state index in [1.54, 1.807) is 0 Å². The van der Waals surface area contributed by atoms with Crippen LogP contribution in [0.15, 0.2) is 48.6 Å². The van der Waals surface area contributed by atoms with Crippen molar-refractivity contribution in [2.24, 2.45) is 0 Å². The van der Waals surface area contributed by atoms with Gasteiger partial charge in [-0.2, -0.15) is 0 Å². The van der Waals surface area contributed by atoms with E-state index in [9.17, 15) is 14.4 Å². The summed E-state index contributed by atoms with van der Waals surface area (Å²) in [6.07, 6.45) is 55.2. The summed E-state index contributed by atoms with van der Waals surface area (Å²) in [6, 6.07) is 0. The van der Waals surface area contributed by atoms with Crippen LogP contribution in [0.3, 0.4) is 0 Å². The first-order chi connectivity index (χ1) is 28.5. The third-order valence-electron chi connectivity index (χ3n) is 10.6. The number of allylic oxidation sites excluding steroid dienone is 8. The Labute approximate surface area is 358 Å². The molecule has 336 valence electrons. The van der Waals surface area contributed by atoms with E-state index in [4.69, 9.17) is 14.2 Å². The minimum atomic E-state index is -0.783. The number of carbonyl (C=O) groups excluding carboxylic acids is 3. The van der Waals surface area contributed by atoms with E-state index in [-0.39, 0.29) is 31.1 Å². The SMILES string of the molecule is CC/C=C\C/C=C\C/C=C\C/C=C\CCCCC(=O)OC[C@@H](COC(=O)CCCCCCCCCCCC)OC(=O)CCCCCCCCCCCCCCCCC. The lowest BCUT2D eigenvalue weighted by Crippen LogP contribution is -2.30. The monoisotopic (exact) mass is 813 g/mol. The molecule has 0 aliphatic carbocycles. The first kappa shape index (κ1) is 55.4. The van der Waals surface area contributed by atoms with Crippen LogP contribution in [0.2, 0.25) is 0 Å². The van der Waals surface area contributed by atoms with Crippen LogP contribution in [0.4, 0.5) is 0 Å². The molecule has 0 fully saturated rings. The number of hydrogen-bond donors (Lipinski definition) is 0. The van der Waals surface area contributed by atoms with Crippen LogP contribution in [0.1, 0.15) is 245 Å². The van der Waals surface area contributed by atoms with Crippen LogP contribution < -0.4 is 0 Å². The molecule has 0 aromatic heterocycles. The fraction of sp³-hybridized carbons (Fsp3) is 0.788. The molecule has 0 unspecified atom stereocenters. The normalized spacial score (nSPS) is 12.4. The molecule has 0 aromatic rings. The lowest BCUT2D eigenvalue weighted by atomic mass is 10.0. The molecule has 0 aliphatic rings. The Bertz CT molecular complexity index is 1030. The van der Waals surface area contributed by atoms with Crippen molar-refractivity contribution in [3.63, 3.8) is 0 Å². The quantitative estimate of drug-likeness (QED) is 0.0264. The molecule has 6 nitrogen and oxygen atoms in total. The Morgan fingerprint density at radius 3 is 1.05 bits per heavy atom. The van der Waals surface area contributed by atoms with Gasteiger partial charge in [-0.05, 0) is 57.8 Å². The van der Waals surface area contributed by atoms with Gasteiger partial charge in [0.15, 0.2) is 6.10 Å². The van der Waals surface area contributed by atoms with Gasteiger partial charge in [-0.15, -0.1) is 0 Å². The van der Waals surface area contributed by atoms with Crippen LogP contribution in [0.5, 0.6) is 0 Å². The van der Waals surface area contributed by atoms with Crippen molar-refractivity contribution in [1.82, 2.24) is 0 Å². The summed E-state index contributed by atoms with van der Waals surface area (Å²) in [4.78, 5) is 37.8.